The summed E-state index contributed by atoms with van der Waals surface area (Å²) >= 11 is 6.32. The summed E-state index contributed by atoms with van der Waals surface area (Å²) in [5, 5.41) is 3.58. The Morgan fingerprint density at radius 2 is 1.97 bits per heavy atom. The van der Waals surface area contributed by atoms with E-state index < -0.39 is 0 Å². The van der Waals surface area contributed by atoms with E-state index in [-0.39, 0.29) is 17.9 Å². The van der Waals surface area contributed by atoms with Gasteiger partial charge in [0.05, 0.1) is 30.2 Å². The second kappa shape index (κ2) is 10.5. The van der Waals surface area contributed by atoms with Crippen molar-refractivity contribution in [1.82, 2.24) is 16.2 Å². The fourth-order valence-corrected chi connectivity index (χ4v) is 3.53. The van der Waals surface area contributed by atoms with Gasteiger partial charge in [0.15, 0.2) is 0 Å². The molecule has 1 fully saturated rings. The van der Waals surface area contributed by atoms with E-state index in [0.29, 0.717) is 37.1 Å². The second-order valence-corrected chi connectivity index (χ2v) is 7.35. The van der Waals surface area contributed by atoms with E-state index in [1.165, 1.54) is 0 Å². The van der Waals surface area contributed by atoms with Crippen molar-refractivity contribution >= 4 is 17.5 Å². The molecule has 2 unspecified atom stereocenters. The number of rotatable bonds is 9. The van der Waals surface area contributed by atoms with E-state index in [2.05, 4.69) is 23.1 Å². The van der Waals surface area contributed by atoms with Crippen molar-refractivity contribution in [1.29, 1.82) is 0 Å². The van der Waals surface area contributed by atoms with Crippen LogP contribution in [0.3, 0.4) is 0 Å². The first-order chi connectivity index (χ1) is 14.1. The molecule has 0 aliphatic carbocycles. The zero-order chi connectivity index (χ0) is 20.6. The molecule has 3 rings (SSSR count). The van der Waals surface area contributed by atoms with Crippen LogP contribution in [0.1, 0.15) is 37.4 Å². The summed E-state index contributed by atoms with van der Waals surface area (Å²) < 4.78 is 11.1. The molecule has 0 aromatic heterocycles. The summed E-state index contributed by atoms with van der Waals surface area (Å²) in [7, 11) is 0. The van der Waals surface area contributed by atoms with Gasteiger partial charge in [0, 0.05) is 13.1 Å². The van der Waals surface area contributed by atoms with Crippen molar-refractivity contribution < 1.29 is 14.3 Å². The SMILES string of the molecule is CCCOc1ccc(CNC(=O)C2CNNC2c2ccc(OCC)c(Cl)c2)cc1. The maximum Gasteiger partial charge on any atom is 0.226 e. The Balaban J connectivity index is 1.59. The van der Waals surface area contributed by atoms with E-state index in [1.54, 1.807) is 0 Å². The Hall–Kier alpha value is -2.28. The van der Waals surface area contributed by atoms with Gasteiger partial charge in [0.25, 0.3) is 0 Å². The average molecular weight is 418 g/mol. The highest BCUT2D eigenvalue weighted by Crippen LogP contribution is 2.32. The highest BCUT2D eigenvalue weighted by molar-refractivity contribution is 6.32. The van der Waals surface area contributed by atoms with Crippen LogP contribution in [0.25, 0.3) is 0 Å². The fraction of sp³-hybridized carbons (Fsp3) is 0.409. The van der Waals surface area contributed by atoms with Crippen LogP contribution in [0.2, 0.25) is 5.02 Å². The standard InChI is InChI=1S/C22H28ClN3O3/c1-3-11-29-17-8-5-15(6-9-17)13-24-22(27)18-14-25-26-21(18)16-7-10-20(28-4-2)19(23)12-16/h5-10,12,18,21,25-26H,3-4,11,13-14H2,1-2H3,(H,24,27). The number of nitrogens with one attached hydrogen (secondary N) is 3. The van der Waals surface area contributed by atoms with E-state index in [4.69, 9.17) is 21.1 Å². The van der Waals surface area contributed by atoms with Gasteiger partial charge in [-0.15, -0.1) is 0 Å². The zero-order valence-corrected chi connectivity index (χ0v) is 17.6. The van der Waals surface area contributed by atoms with Crippen molar-refractivity contribution in [2.24, 2.45) is 5.92 Å². The van der Waals surface area contributed by atoms with Crippen LogP contribution in [0.4, 0.5) is 0 Å². The molecule has 29 heavy (non-hydrogen) atoms. The van der Waals surface area contributed by atoms with E-state index in [1.807, 2.05) is 49.4 Å². The third-order valence-electron chi connectivity index (χ3n) is 4.80. The molecule has 0 bridgehead atoms. The molecule has 2 aromatic carbocycles. The fourth-order valence-electron chi connectivity index (χ4n) is 3.28. The molecule has 1 aliphatic heterocycles. The van der Waals surface area contributed by atoms with Crippen molar-refractivity contribution in [3.63, 3.8) is 0 Å². The summed E-state index contributed by atoms with van der Waals surface area (Å²) in [4.78, 5) is 12.8. The molecule has 156 valence electrons. The van der Waals surface area contributed by atoms with Crippen LogP contribution in [0, 0.1) is 5.92 Å². The molecule has 0 saturated carbocycles. The second-order valence-electron chi connectivity index (χ2n) is 6.94. The van der Waals surface area contributed by atoms with Crippen molar-refractivity contribution in [2.45, 2.75) is 32.9 Å². The number of benzene rings is 2. The van der Waals surface area contributed by atoms with Crippen LogP contribution >= 0.6 is 11.6 Å². The van der Waals surface area contributed by atoms with E-state index in [0.717, 1.165) is 23.3 Å². The van der Waals surface area contributed by atoms with Gasteiger partial charge in [-0.3, -0.25) is 10.2 Å². The number of amides is 1. The van der Waals surface area contributed by atoms with Crippen molar-refractivity contribution in [3.8, 4) is 11.5 Å². The van der Waals surface area contributed by atoms with Crippen LogP contribution in [-0.4, -0.2) is 25.7 Å². The molecule has 1 aliphatic rings. The largest absolute Gasteiger partial charge is 0.494 e. The van der Waals surface area contributed by atoms with E-state index in [9.17, 15) is 4.79 Å². The maximum atomic E-state index is 12.8. The molecule has 1 saturated heterocycles. The first kappa shape index (κ1) is 21.4. The number of hydrazine groups is 1. The average Bonchev–Trinajstić information content (AvgIpc) is 3.23. The minimum Gasteiger partial charge on any atom is -0.494 e. The number of carbonyl (C=O) groups is 1. The van der Waals surface area contributed by atoms with Crippen LogP contribution in [-0.2, 0) is 11.3 Å². The number of carbonyl (C=O) groups excluding carboxylic acids is 1. The van der Waals surface area contributed by atoms with Gasteiger partial charge in [0.1, 0.15) is 11.5 Å². The van der Waals surface area contributed by atoms with Gasteiger partial charge in [-0.05, 0) is 48.7 Å². The smallest absolute Gasteiger partial charge is 0.226 e. The lowest BCUT2D eigenvalue weighted by atomic mass is 9.94. The Bertz CT molecular complexity index is 813. The molecular weight excluding hydrogens is 390 g/mol. The van der Waals surface area contributed by atoms with Gasteiger partial charge in [0.2, 0.25) is 5.91 Å². The molecule has 7 heteroatoms. The predicted molar refractivity (Wildman–Crippen MR) is 114 cm³/mol. The molecule has 1 heterocycles. The van der Waals surface area contributed by atoms with Gasteiger partial charge in [-0.25, -0.2) is 5.43 Å². The number of hydrogen-bond acceptors (Lipinski definition) is 5. The summed E-state index contributed by atoms with van der Waals surface area (Å²) in [6.45, 7) is 6.27. The lowest BCUT2D eigenvalue weighted by Crippen LogP contribution is -2.34. The lowest BCUT2D eigenvalue weighted by molar-refractivity contribution is -0.125. The normalized spacial score (nSPS) is 18.4. The molecule has 6 nitrogen and oxygen atoms in total. The van der Waals surface area contributed by atoms with Crippen LogP contribution in [0.15, 0.2) is 42.5 Å². The third-order valence-corrected chi connectivity index (χ3v) is 5.09. The zero-order valence-electron chi connectivity index (χ0n) is 16.8. The van der Waals surface area contributed by atoms with Crippen LogP contribution in [0.5, 0.6) is 11.5 Å². The van der Waals surface area contributed by atoms with Gasteiger partial charge >= 0.3 is 0 Å². The number of hydrogen-bond donors (Lipinski definition) is 3. The summed E-state index contributed by atoms with van der Waals surface area (Å²) in [6.07, 6.45) is 0.974. The first-order valence-corrected chi connectivity index (χ1v) is 10.4. The summed E-state index contributed by atoms with van der Waals surface area (Å²) in [5.41, 5.74) is 8.24. The topological polar surface area (TPSA) is 71.6 Å². The Morgan fingerprint density at radius 3 is 2.66 bits per heavy atom. The minimum absolute atomic E-state index is 0.0104. The van der Waals surface area contributed by atoms with Gasteiger partial charge < -0.3 is 14.8 Å². The molecule has 2 aromatic rings. The minimum atomic E-state index is -0.240. The number of halogens is 1. The van der Waals surface area contributed by atoms with E-state index >= 15 is 0 Å². The van der Waals surface area contributed by atoms with Gasteiger partial charge in [-0.1, -0.05) is 36.7 Å². The maximum absolute atomic E-state index is 12.8. The Kier molecular flexibility index (Phi) is 7.75. The molecule has 0 spiro atoms. The lowest BCUT2D eigenvalue weighted by Gasteiger charge is -2.19. The molecule has 3 N–H and O–H groups in total. The first-order valence-electron chi connectivity index (χ1n) is 10.0. The van der Waals surface area contributed by atoms with Gasteiger partial charge in [-0.2, -0.15) is 0 Å². The van der Waals surface area contributed by atoms with Crippen molar-refractivity contribution in [2.75, 3.05) is 19.8 Å². The Morgan fingerprint density at radius 1 is 1.17 bits per heavy atom. The van der Waals surface area contributed by atoms with Crippen molar-refractivity contribution in [3.05, 3.63) is 58.6 Å². The highest BCUT2D eigenvalue weighted by atomic mass is 35.5. The quantitative estimate of drug-likeness (QED) is 0.581. The highest BCUT2D eigenvalue weighted by Gasteiger charge is 2.34. The molecule has 0 radical (unpaired) electrons. The molecule has 1 amide bonds. The predicted octanol–water partition coefficient (Wildman–Crippen LogP) is 3.61. The summed E-state index contributed by atoms with van der Waals surface area (Å²) in [5.74, 6) is 1.25. The number of ether oxygens (including phenoxy) is 2. The third kappa shape index (κ3) is 5.63. The monoisotopic (exact) mass is 417 g/mol. The van der Waals surface area contributed by atoms with Crippen LogP contribution < -0.4 is 25.6 Å². The summed E-state index contributed by atoms with van der Waals surface area (Å²) in [6, 6.07) is 13.3. The molecular formula is C22H28ClN3O3. The Labute approximate surface area is 176 Å². The molecule has 2 atom stereocenters.